The van der Waals surface area contributed by atoms with Crippen molar-refractivity contribution in [2.75, 3.05) is 26.2 Å². The maximum Gasteiger partial charge on any atom is 0.255 e. The van der Waals surface area contributed by atoms with E-state index in [4.69, 9.17) is 33.7 Å². The van der Waals surface area contributed by atoms with Crippen molar-refractivity contribution in [3.8, 4) is 0 Å². The van der Waals surface area contributed by atoms with Crippen LogP contribution in [0.5, 0.6) is 0 Å². The minimum atomic E-state index is -0.0444. The van der Waals surface area contributed by atoms with E-state index in [1.54, 1.807) is 18.2 Å². The zero-order valence-corrected chi connectivity index (χ0v) is 14.6. The largest absolute Gasteiger partial charge is 0.378 e. The second kappa shape index (κ2) is 9.58. The number of hydrogen-bond acceptors (Lipinski definition) is 3. The molecule has 0 radical (unpaired) electrons. The summed E-state index contributed by atoms with van der Waals surface area (Å²) in [6.45, 7) is 2.71. The number of halogens is 3. The van der Waals surface area contributed by atoms with Crippen LogP contribution in [-0.2, 0) is 4.74 Å². The van der Waals surface area contributed by atoms with E-state index in [0.717, 1.165) is 19.3 Å². The van der Waals surface area contributed by atoms with E-state index in [0.29, 0.717) is 41.8 Å². The molecule has 1 fully saturated rings. The second-order valence-electron chi connectivity index (χ2n) is 5.13. The fourth-order valence-electron chi connectivity index (χ4n) is 2.39. The highest BCUT2D eigenvalue weighted by molar-refractivity contribution is 6.36. The first-order chi connectivity index (χ1) is 10.1. The number of carbonyl (C=O) groups is 1. The molecule has 2 rings (SSSR count). The number of benzene rings is 1. The second-order valence-corrected chi connectivity index (χ2v) is 5.97. The molecular formula is C15H21Cl3N2O2. The van der Waals surface area contributed by atoms with Crippen LogP contribution in [0.1, 0.15) is 29.6 Å². The quantitative estimate of drug-likeness (QED) is 0.812. The van der Waals surface area contributed by atoms with Crippen LogP contribution < -0.4 is 5.73 Å². The molecule has 1 aromatic carbocycles. The van der Waals surface area contributed by atoms with Gasteiger partial charge in [0.2, 0.25) is 0 Å². The Balaban J connectivity index is 0.00000242. The summed E-state index contributed by atoms with van der Waals surface area (Å²) in [5.74, 6) is -0.0444. The normalized spacial score (nSPS) is 15.5. The molecule has 0 atom stereocenters. The van der Waals surface area contributed by atoms with Crippen molar-refractivity contribution in [1.82, 2.24) is 4.90 Å². The fraction of sp³-hybridized carbons (Fsp3) is 0.533. The van der Waals surface area contributed by atoms with Gasteiger partial charge in [-0.25, -0.2) is 0 Å². The fourth-order valence-corrected chi connectivity index (χ4v) is 2.88. The van der Waals surface area contributed by atoms with Gasteiger partial charge in [-0.05, 0) is 44.0 Å². The number of rotatable bonds is 5. The third kappa shape index (κ3) is 5.28. The van der Waals surface area contributed by atoms with E-state index in [1.807, 2.05) is 4.90 Å². The minimum Gasteiger partial charge on any atom is -0.378 e. The minimum absolute atomic E-state index is 0. The van der Waals surface area contributed by atoms with Gasteiger partial charge >= 0.3 is 0 Å². The molecule has 2 N–H and O–H groups in total. The van der Waals surface area contributed by atoms with Crippen molar-refractivity contribution in [2.24, 2.45) is 5.73 Å². The van der Waals surface area contributed by atoms with E-state index in [-0.39, 0.29) is 24.4 Å². The molecule has 124 valence electrons. The molecule has 1 aromatic rings. The Hall–Kier alpha value is -0.520. The summed E-state index contributed by atoms with van der Waals surface area (Å²) in [4.78, 5) is 14.3. The van der Waals surface area contributed by atoms with Gasteiger partial charge in [0.1, 0.15) is 0 Å². The predicted molar refractivity (Wildman–Crippen MR) is 92.3 cm³/mol. The first kappa shape index (κ1) is 19.5. The Morgan fingerprint density at radius 2 is 2.00 bits per heavy atom. The molecule has 0 saturated carbocycles. The molecule has 0 unspecified atom stereocenters. The molecular weight excluding hydrogens is 347 g/mol. The number of piperidine rings is 1. The van der Waals surface area contributed by atoms with Crippen molar-refractivity contribution in [3.05, 3.63) is 33.8 Å². The third-order valence-corrected chi connectivity index (χ3v) is 4.14. The van der Waals surface area contributed by atoms with E-state index in [1.165, 1.54) is 0 Å². The number of ether oxygens (including phenoxy) is 1. The van der Waals surface area contributed by atoms with Crippen molar-refractivity contribution < 1.29 is 9.53 Å². The maximum atomic E-state index is 12.4. The Labute approximate surface area is 147 Å². The van der Waals surface area contributed by atoms with Gasteiger partial charge in [0.05, 0.1) is 16.7 Å². The highest BCUT2D eigenvalue weighted by atomic mass is 35.5. The van der Waals surface area contributed by atoms with E-state index >= 15 is 0 Å². The van der Waals surface area contributed by atoms with Gasteiger partial charge in [-0.15, -0.1) is 12.4 Å². The molecule has 7 heteroatoms. The molecule has 4 nitrogen and oxygen atoms in total. The molecule has 0 bridgehead atoms. The molecule has 1 heterocycles. The third-order valence-electron chi connectivity index (χ3n) is 3.59. The summed E-state index contributed by atoms with van der Waals surface area (Å²) >= 11 is 11.9. The lowest BCUT2D eigenvalue weighted by Crippen LogP contribution is -2.41. The summed E-state index contributed by atoms with van der Waals surface area (Å²) < 4.78 is 5.74. The molecule has 1 amide bonds. The monoisotopic (exact) mass is 366 g/mol. The van der Waals surface area contributed by atoms with Crippen molar-refractivity contribution in [1.29, 1.82) is 0 Å². The summed E-state index contributed by atoms with van der Waals surface area (Å²) in [6, 6.07) is 4.96. The average molecular weight is 368 g/mol. The van der Waals surface area contributed by atoms with Gasteiger partial charge < -0.3 is 15.4 Å². The van der Waals surface area contributed by atoms with Crippen LogP contribution in [-0.4, -0.2) is 43.2 Å². The topological polar surface area (TPSA) is 55.6 Å². The first-order valence-electron chi connectivity index (χ1n) is 7.18. The Morgan fingerprint density at radius 3 is 2.59 bits per heavy atom. The molecule has 0 aliphatic carbocycles. The van der Waals surface area contributed by atoms with Crippen molar-refractivity contribution >= 4 is 41.5 Å². The van der Waals surface area contributed by atoms with Crippen LogP contribution in [0.4, 0.5) is 0 Å². The summed E-state index contributed by atoms with van der Waals surface area (Å²) in [6.07, 6.45) is 2.80. The number of hydrogen-bond donors (Lipinski definition) is 1. The Kier molecular flexibility index (Phi) is 8.50. The SMILES string of the molecule is Cl.NCCCOC1CCN(C(=O)c2ccc(Cl)cc2Cl)CC1. The number of nitrogens with two attached hydrogens (primary N) is 1. The van der Waals surface area contributed by atoms with E-state index in [2.05, 4.69) is 0 Å². The highest BCUT2D eigenvalue weighted by Crippen LogP contribution is 2.24. The molecule has 1 aliphatic heterocycles. The molecule has 1 saturated heterocycles. The van der Waals surface area contributed by atoms with Crippen LogP contribution in [0.15, 0.2) is 18.2 Å². The van der Waals surface area contributed by atoms with Crippen LogP contribution in [0.2, 0.25) is 10.0 Å². The van der Waals surface area contributed by atoms with Gasteiger partial charge in [-0.3, -0.25) is 4.79 Å². The summed E-state index contributed by atoms with van der Waals surface area (Å²) in [5.41, 5.74) is 5.94. The molecule has 1 aliphatic rings. The van der Waals surface area contributed by atoms with Crippen LogP contribution in [0, 0.1) is 0 Å². The molecule has 0 spiro atoms. The Morgan fingerprint density at radius 1 is 1.32 bits per heavy atom. The van der Waals surface area contributed by atoms with Gasteiger partial charge in [0, 0.05) is 24.7 Å². The van der Waals surface area contributed by atoms with Gasteiger partial charge in [-0.1, -0.05) is 23.2 Å². The summed E-state index contributed by atoms with van der Waals surface area (Å²) in [7, 11) is 0. The standard InChI is InChI=1S/C15H20Cl2N2O2.ClH/c16-11-2-3-13(14(17)10-11)15(20)19-7-4-12(5-8-19)21-9-1-6-18;/h2-3,10,12H,1,4-9,18H2;1H. The average Bonchev–Trinajstić information content (AvgIpc) is 2.48. The molecule has 22 heavy (non-hydrogen) atoms. The maximum absolute atomic E-state index is 12.4. The molecule has 0 aromatic heterocycles. The van der Waals surface area contributed by atoms with Crippen molar-refractivity contribution in [3.63, 3.8) is 0 Å². The number of likely N-dealkylation sites (tertiary alicyclic amines) is 1. The van der Waals surface area contributed by atoms with Gasteiger partial charge in [0.25, 0.3) is 5.91 Å². The van der Waals surface area contributed by atoms with Gasteiger partial charge in [-0.2, -0.15) is 0 Å². The lowest BCUT2D eigenvalue weighted by molar-refractivity contribution is 0.00845. The van der Waals surface area contributed by atoms with Crippen molar-refractivity contribution in [2.45, 2.75) is 25.4 Å². The van der Waals surface area contributed by atoms with E-state index in [9.17, 15) is 4.79 Å². The predicted octanol–water partition coefficient (Wildman–Crippen LogP) is 3.39. The first-order valence-corrected chi connectivity index (χ1v) is 7.93. The lowest BCUT2D eigenvalue weighted by atomic mass is 10.1. The smallest absolute Gasteiger partial charge is 0.255 e. The van der Waals surface area contributed by atoms with Crippen LogP contribution in [0.25, 0.3) is 0 Å². The number of amides is 1. The summed E-state index contributed by atoms with van der Waals surface area (Å²) in [5, 5.41) is 0.928. The number of carbonyl (C=O) groups excluding carboxylic acids is 1. The zero-order chi connectivity index (χ0) is 15.2. The lowest BCUT2D eigenvalue weighted by Gasteiger charge is -2.32. The highest BCUT2D eigenvalue weighted by Gasteiger charge is 2.25. The Bertz CT molecular complexity index is 492. The zero-order valence-electron chi connectivity index (χ0n) is 12.3. The number of nitrogens with zero attached hydrogens (tertiary/aromatic N) is 1. The van der Waals surface area contributed by atoms with E-state index < -0.39 is 0 Å². The van der Waals surface area contributed by atoms with Gasteiger partial charge in [0.15, 0.2) is 0 Å². The van der Waals surface area contributed by atoms with Crippen LogP contribution >= 0.6 is 35.6 Å². The van der Waals surface area contributed by atoms with Crippen LogP contribution in [0.3, 0.4) is 0 Å².